The highest BCUT2D eigenvalue weighted by molar-refractivity contribution is 6.31. The van der Waals surface area contributed by atoms with Gasteiger partial charge in [-0.25, -0.2) is 4.68 Å². The minimum Gasteiger partial charge on any atom is -0.314 e. The summed E-state index contributed by atoms with van der Waals surface area (Å²) in [5.74, 6) is 0. The number of aryl methyl sites for hydroxylation is 2. The van der Waals surface area contributed by atoms with Crippen LogP contribution in [0.5, 0.6) is 0 Å². The molecule has 2 heterocycles. The molecule has 1 saturated heterocycles. The van der Waals surface area contributed by atoms with Gasteiger partial charge in [0.1, 0.15) is 5.02 Å². The molecule has 1 atom stereocenters. The second-order valence-corrected chi connectivity index (χ2v) is 8.66. The van der Waals surface area contributed by atoms with E-state index in [4.69, 9.17) is 23.2 Å². The first kappa shape index (κ1) is 21.2. The van der Waals surface area contributed by atoms with E-state index in [2.05, 4.69) is 42.3 Å². The van der Waals surface area contributed by atoms with Crippen molar-refractivity contribution in [3.8, 4) is 5.69 Å². The highest BCUT2D eigenvalue weighted by atomic mass is 35.5. The number of nitrogens with zero attached hydrogens (tertiary/aromatic N) is 3. The van der Waals surface area contributed by atoms with Gasteiger partial charge in [-0.1, -0.05) is 41.4 Å². The summed E-state index contributed by atoms with van der Waals surface area (Å²) in [6, 6.07) is 13.6. The third-order valence-electron chi connectivity index (χ3n) is 5.95. The van der Waals surface area contributed by atoms with Gasteiger partial charge < -0.3 is 5.32 Å². The predicted octanol–water partition coefficient (Wildman–Crippen LogP) is 4.09. The smallest absolute Gasteiger partial charge is 0.290 e. The van der Waals surface area contributed by atoms with Gasteiger partial charge in [0.15, 0.2) is 0 Å². The second kappa shape index (κ2) is 8.60. The third kappa shape index (κ3) is 3.83. The Morgan fingerprint density at radius 3 is 2.27 bits per heavy atom. The van der Waals surface area contributed by atoms with Crippen LogP contribution >= 0.6 is 23.2 Å². The first-order valence-electron chi connectivity index (χ1n) is 10.1. The Morgan fingerprint density at radius 2 is 1.63 bits per heavy atom. The van der Waals surface area contributed by atoms with E-state index in [9.17, 15) is 4.79 Å². The SMILES string of the molecule is Cc1ccc(C(c2c(Cl)c(=O)n(-c3ccc(Cl)cc3)n2C)N2CCNCC2)cc1C. The molecular weight excluding hydrogens is 419 g/mol. The first-order chi connectivity index (χ1) is 14.4. The minimum atomic E-state index is -0.222. The maximum absolute atomic E-state index is 13.2. The monoisotopic (exact) mass is 444 g/mol. The number of halogens is 2. The van der Waals surface area contributed by atoms with Crippen molar-refractivity contribution in [2.45, 2.75) is 19.9 Å². The maximum Gasteiger partial charge on any atom is 0.290 e. The van der Waals surface area contributed by atoms with Crippen molar-refractivity contribution in [2.75, 3.05) is 26.2 Å². The minimum absolute atomic E-state index is 0.106. The fourth-order valence-corrected chi connectivity index (χ4v) is 4.61. The van der Waals surface area contributed by atoms with E-state index in [-0.39, 0.29) is 16.6 Å². The molecule has 0 amide bonds. The molecule has 1 fully saturated rings. The normalized spacial score (nSPS) is 16.0. The van der Waals surface area contributed by atoms with Crippen LogP contribution in [0.2, 0.25) is 10.0 Å². The zero-order chi connectivity index (χ0) is 21.4. The number of hydrogen-bond acceptors (Lipinski definition) is 3. The molecule has 1 N–H and O–H groups in total. The van der Waals surface area contributed by atoms with E-state index in [0.717, 1.165) is 43.1 Å². The van der Waals surface area contributed by atoms with Crippen molar-refractivity contribution in [1.29, 1.82) is 0 Å². The Bertz CT molecular complexity index is 1110. The number of benzene rings is 2. The molecule has 7 heteroatoms. The summed E-state index contributed by atoms with van der Waals surface area (Å²) in [7, 11) is 1.90. The van der Waals surface area contributed by atoms with Crippen LogP contribution < -0.4 is 10.9 Å². The number of rotatable bonds is 4. The van der Waals surface area contributed by atoms with Crippen LogP contribution in [0.15, 0.2) is 47.3 Å². The summed E-state index contributed by atoms with van der Waals surface area (Å²) in [4.78, 5) is 15.6. The largest absolute Gasteiger partial charge is 0.314 e. The van der Waals surface area contributed by atoms with Gasteiger partial charge in [0.2, 0.25) is 0 Å². The lowest BCUT2D eigenvalue weighted by Gasteiger charge is -2.36. The molecule has 30 heavy (non-hydrogen) atoms. The molecule has 1 aliphatic heterocycles. The molecule has 4 rings (SSSR count). The zero-order valence-corrected chi connectivity index (χ0v) is 19.0. The van der Waals surface area contributed by atoms with Crippen molar-refractivity contribution in [1.82, 2.24) is 19.6 Å². The van der Waals surface area contributed by atoms with Crippen molar-refractivity contribution in [3.05, 3.63) is 85.2 Å². The lowest BCUT2D eigenvalue weighted by molar-refractivity contribution is 0.191. The Hall–Kier alpha value is -2.05. The average Bonchev–Trinajstić information content (AvgIpc) is 2.96. The van der Waals surface area contributed by atoms with Crippen molar-refractivity contribution in [3.63, 3.8) is 0 Å². The lowest BCUT2D eigenvalue weighted by atomic mass is 9.97. The molecule has 0 spiro atoms. The molecule has 0 bridgehead atoms. The summed E-state index contributed by atoms with van der Waals surface area (Å²) in [6.07, 6.45) is 0. The van der Waals surface area contributed by atoms with Crippen molar-refractivity contribution in [2.24, 2.45) is 7.05 Å². The molecule has 158 valence electrons. The van der Waals surface area contributed by atoms with Gasteiger partial charge in [-0.3, -0.25) is 14.4 Å². The molecule has 2 aromatic carbocycles. The van der Waals surface area contributed by atoms with Gasteiger partial charge in [0.05, 0.1) is 17.4 Å². The Morgan fingerprint density at radius 1 is 0.967 bits per heavy atom. The van der Waals surface area contributed by atoms with E-state index >= 15 is 0 Å². The van der Waals surface area contributed by atoms with Gasteiger partial charge in [0.25, 0.3) is 5.56 Å². The quantitative estimate of drug-likeness (QED) is 0.658. The van der Waals surface area contributed by atoms with Crippen LogP contribution in [0, 0.1) is 13.8 Å². The second-order valence-electron chi connectivity index (χ2n) is 7.85. The van der Waals surface area contributed by atoms with Crippen LogP contribution in [-0.4, -0.2) is 40.4 Å². The Kier molecular flexibility index (Phi) is 6.07. The van der Waals surface area contributed by atoms with Crippen molar-refractivity contribution >= 4 is 23.2 Å². The predicted molar refractivity (Wildman–Crippen MR) is 123 cm³/mol. The van der Waals surface area contributed by atoms with Gasteiger partial charge in [-0.05, 0) is 54.8 Å². The van der Waals surface area contributed by atoms with E-state index in [1.165, 1.54) is 11.1 Å². The van der Waals surface area contributed by atoms with Crippen LogP contribution in [0.1, 0.15) is 28.4 Å². The highest BCUT2D eigenvalue weighted by Crippen LogP contribution is 2.34. The lowest BCUT2D eigenvalue weighted by Crippen LogP contribution is -2.46. The van der Waals surface area contributed by atoms with Crippen LogP contribution in [0.4, 0.5) is 0 Å². The first-order valence-corrected chi connectivity index (χ1v) is 10.9. The van der Waals surface area contributed by atoms with Gasteiger partial charge in [0, 0.05) is 38.2 Å². The summed E-state index contributed by atoms with van der Waals surface area (Å²) in [6.45, 7) is 7.81. The topological polar surface area (TPSA) is 42.2 Å². The molecular formula is C23H26Cl2N4O. The molecule has 1 aliphatic rings. The zero-order valence-electron chi connectivity index (χ0n) is 17.5. The molecule has 1 aromatic heterocycles. The van der Waals surface area contributed by atoms with Crippen LogP contribution in [0.3, 0.4) is 0 Å². The number of hydrogen-bond donors (Lipinski definition) is 1. The Balaban J connectivity index is 1.90. The van der Waals surface area contributed by atoms with E-state index in [0.29, 0.717) is 5.02 Å². The fraction of sp³-hybridized carbons (Fsp3) is 0.348. The maximum atomic E-state index is 13.2. The summed E-state index contributed by atoms with van der Waals surface area (Å²) in [5.41, 5.74) is 4.94. The molecule has 3 aromatic rings. The summed E-state index contributed by atoms with van der Waals surface area (Å²) < 4.78 is 3.50. The number of piperazine rings is 1. The molecule has 0 saturated carbocycles. The third-order valence-corrected chi connectivity index (χ3v) is 6.55. The van der Waals surface area contributed by atoms with Crippen molar-refractivity contribution < 1.29 is 0 Å². The average molecular weight is 445 g/mol. The van der Waals surface area contributed by atoms with Crippen LogP contribution in [-0.2, 0) is 7.05 Å². The Labute approximate surface area is 186 Å². The molecule has 0 aliphatic carbocycles. The van der Waals surface area contributed by atoms with Crippen LogP contribution in [0.25, 0.3) is 5.69 Å². The van der Waals surface area contributed by atoms with Gasteiger partial charge in [-0.2, -0.15) is 0 Å². The van der Waals surface area contributed by atoms with E-state index < -0.39 is 0 Å². The molecule has 1 unspecified atom stereocenters. The number of nitrogens with one attached hydrogen (secondary N) is 1. The summed E-state index contributed by atoms with van der Waals surface area (Å²) >= 11 is 12.8. The highest BCUT2D eigenvalue weighted by Gasteiger charge is 2.31. The number of aromatic nitrogens is 2. The standard InChI is InChI=1S/C23H26Cl2N4O/c1-15-4-5-17(14-16(15)2)21(28-12-10-26-11-13-28)22-20(25)23(30)29(27(22)3)19-8-6-18(24)7-9-19/h4-9,14,21,26H,10-13H2,1-3H3. The molecule has 0 radical (unpaired) electrons. The summed E-state index contributed by atoms with van der Waals surface area (Å²) in [5, 5.41) is 4.29. The van der Waals surface area contributed by atoms with Gasteiger partial charge >= 0.3 is 0 Å². The van der Waals surface area contributed by atoms with E-state index in [1.54, 1.807) is 16.8 Å². The fourth-order valence-electron chi connectivity index (χ4n) is 4.17. The molecule has 5 nitrogen and oxygen atoms in total. The van der Waals surface area contributed by atoms with E-state index in [1.807, 2.05) is 23.9 Å². The van der Waals surface area contributed by atoms with Gasteiger partial charge in [-0.15, -0.1) is 0 Å².